The Kier molecular flexibility index (Phi) is 6.41. The van der Waals surface area contributed by atoms with Gasteiger partial charge in [-0.15, -0.1) is 11.7 Å². The summed E-state index contributed by atoms with van der Waals surface area (Å²) in [5.74, 6) is 2.61. The molecule has 1 aliphatic rings. The van der Waals surface area contributed by atoms with Crippen LogP contribution in [0.3, 0.4) is 0 Å². The third-order valence-electron chi connectivity index (χ3n) is 5.06. The maximum atomic E-state index is 5.51. The fraction of sp³-hybridized carbons (Fsp3) is 0.455. The van der Waals surface area contributed by atoms with E-state index in [9.17, 15) is 0 Å². The predicted molar refractivity (Wildman–Crippen MR) is 112 cm³/mol. The molecule has 1 atom stereocenters. The lowest BCUT2D eigenvalue weighted by molar-refractivity contribution is 0.247. The van der Waals surface area contributed by atoms with Crippen molar-refractivity contribution in [2.45, 2.75) is 50.9 Å². The SMILES string of the molecule is C=CC(CCCCNc1cccc(-c2nnc(OCC)o2)c1)c1nc(C2CC2)no1. The maximum absolute atomic E-state index is 5.51. The molecule has 0 aliphatic heterocycles. The predicted octanol–water partition coefficient (Wildman–Crippen LogP) is 4.95. The molecule has 8 heteroatoms. The Bertz CT molecular complexity index is 963. The summed E-state index contributed by atoms with van der Waals surface area (Å²) < 4.78 is 16.2. The van der Waals surface area contributed by atoms with Crippen LogP contribution in [0, 0.1) is 0 Å². The van der Waals surface area contributed by atoms with Crippen LogP contribution < -0.4 is 10.1 Å². The fourth-order valence-corrected chi connectivity index (χ4v) is 3.24. The van der Waals surface area contributed by atoms with Crippen LogP contribution >= 0.6 is 0 Å². The molecule has 0 radical (unpaired) electrons. The second kappa shape index (κ2) is 9.56. The van der Waals surface area contributed by atoms with Crippen molar-refractivity contribution in [1.82, 2.24) is 20.3 Å². The monoisotopic (exact) mass is 409 g/mol. The third kappa shape index (κ3) is 5.06. The molecule has 158 valence electrons. The van der Waals surface area contributed by atoms with E-state index in [0.717, 1.165) is 42.9 Å². The van der Waals surface area contributed by atoms with Crippen LogP contribution in [0.4, 0.5) is 5.69 Å². The summed E-state index contributed by atoms with van der Waals surface area (Å²) >= 11 is 0. The van der Waals surface area contributed by atoms with E-state index in [1.165, 1.54) is 12.8 Å². The van der Waals surface area contributed by atoms with Crippen LogP contribution in [-0.2, 0) is 0 Å². The number of anilines is 1. The Hall–Kier alpha value is -3.16. The number of rotatable bonds is 12. The largest absolute Gasteiger partial charge is 0.449 e. The second-order valence-electron chi connectivity index (χ2n) is 7.42. The minimum atomic E-state index is 0.116. The number of unbranched alkanes of at least 4 members (excludes halogenated alkanes) is 1. The van der Waals surface area contributed by atoms with E-state index >= 15 is 0 Å². The van der Waals surface area contributed by atoms with E-state index in [1.54, 1.807) is 0 Å². The van der Waals surface area contributed by atoms with Crippen LogP contribution in [-0.4, -0.2) is 33.5 Å². The van der Waals surface area contributed by atoms with Crippen molar-refractivity contribution in [3.63, 3.8) is 0 Å². The highest BCUT2D eigenvalue weighted by molar-refractivity contribution is 5.61. The molecule has 0 spiro atoms. The van der Waals surface area contributed by atoms with Gasteiger partial charge in [-0.1, -0.05) is 28.8 Å². The van der Waals surface area contributed by atoms with Crippen LogP contribution in [0.25, 0.3) is 11.5 Å². The lowest BCUT2D eigenvalue weighted by atomic mass is 10.0. The molecule has 1 fully saturated rings. The van der Waals surface area contributed by atoms with Crippen molar-refractivity contribution in [3.05, 3.63) is 48.6 Å². The van der Waals surface area contributed by atoms with Gasteiger partial charge in [-0.25, -0.2) is 0 Å². The van der Waals surface area contributed by atoms with Crippen molar-refractivity contribution in [1.29, 1.82) is 0 Å². The average molecular weight is 409 g/mol. The standard InChI is InChI=1S/C22H27N5O3/c1-3-15(20-24-19(27-30-20)16-11-12-16)8-5-6-13-23-18-10-7-9-17(14-18)21-25-26-22(29-21)28-4-2/h3,7,9-10,14-16,23H,1,4-6,8,11-13H2,2H3. The molecular formula is C22H27N5O3. The molecule has 1 unspecified atom stereocenters. The van der Waals surface area contributed by atoms with Crippen molar-refractivity contribution in [2.24, 2.45) is 0 Å². The first kappa shape index (κ1) is 20.1. The van der Waals surface area contributed by atoms with Gasteiger partial charge in [0, 0.05) is 23.7 Å². The summed E-state index contributed by atoms with van der Waals surface area (Å²) in [7, 11) is 0. The number of aromatic nitrogens is 4. The molecule has 1 N–H and O–H groups in total. The number of nitrogens with zero attached hydrogens (tertiary/aromatic N) is 4. The molecule has 2 heterocycles. The zero-order valence-electron chi connectivity index (χ0n) is 17.2. The highest BCUT2D eigenvalue weighted by Crippen LogP contribution is 2.38. The first-order chi connectivity index (χ1) is 14.8. The number of hydrogen-bond acceptors (Lipinski definition) is 8. The van der Waals surface area contributed by atoms with Gasteiger partial charge in [0.05, 0.1) is 12.5 Å². The Labute approximate surface area is 175 Å². The molecule has 0 saturated heterocycles. The van der Waals surface area contributed by atoms with Gasteiger partial charge >= 0.3 is 6.08 Å². The van der Waals surface area contributed by atoms with Gasteiger partial charge in [-0.2, -0.15) is 4.98 Å². The van der Waals surface area contributed by atoms with E-state index in [1.807, 2.05) is 37.3 Å². The molecule has 1 saturated carbocycles. The maximum Gasteiger partial charge on any atom is 0.414 e. The quantitative estimate of drug-likeness (QED) is 0.331. The topological polar surface area (TPSA) is 99.1 Å². The van der Waals surface area contributed by atoms with Crippen LogP contribution in [0.2, 0.25) is 0 Å². The van der Waals surface area contributed by atoms with Gasteiger partial charge in [-0.05, 0) is 50.8 Å². The number of nitrogens with one attached hydrogen (secondary N) is 1. The van der Waals surface area contributed by atoms with Crippen LogP contribution in [0.1, 0.15) is 62.6 Å². The van der Waals surface area contributed by atoms with Gasteiger partial charge in [-0.3, -0.25) is 0 Å². The molecule has 3 aromatic rings. The van der Waals surface area contributed by atoms with Crippen molar-refractivity contribution in [3.8, 4) is 17.5 Å². The smallest absolute Gasteiger partial charge is 0.414 e. The van der Waals surface area contributed by atoms with E-state index in [-0.39, 0.29) is 12.0 Å². The van der Waals surface area contributed by atoms with E-state index < -0.39 is 0 Å². The summed E-state index contributed by atoms with van der Waals surface area (Å²) in [5, 5.41) is 15.5. The number of hydrogen-bond donors (Lipinski definition) is 1. The second-order valence-corrected chi connectivity index (χ2v) is 7.42. The number of benzene rings is 1. The van der Waals surface area contributed by atoms with Crippen LogP contribution in [0.5, 0.6) is 6.08 Å². The molecule has 0 amide bonds. The van der Waals surface area contributed by atoms with Crippen LogP contribution in [0.15, 0.2) is 45.9 Å². The van der Waals surface area contributed by atoms with E-state index in [2.05, 4.69) is 32.2 Å². The molecule has 4 rings (SSSR count). The average Bonchev–Trinajstić information content (AvgIpc) is 3.31. The van der Waals surface area contributed by atoms with Crippen molar-refractivity contribution < 1.29 is 13.7 Å². The van der Waals surface area contributed by atoms with Gasteiger partial charge in [0.2, 0.25) is 5.89 Å². The summed E-state index contributed by atoms with van der Waals surface area (Å²) in [4.78, 5) is 4.55. The van der Waals surface area contributed by atoms with Gasteiger partial charge in [0.25, 0.3) is 5.89 Å². The molecular weight excluding hydrogens is 382 g/mol. The van der Waals surface area contributed by atoms with Gasteiger partial charge in [0.15, 0.2) is 5.82 Å². The summed E-state index contributed by atoms with van der Waals surface area (Å²) in [6.45, 7) is 7.16. The zero-order valence-corrected chi connectivity index (χ0v) is 17.2. The molecule has 0 bridgehead atoms. The Morgan fingerprint density at radius 2 is 2.20 bits per heavy atom. The molecule has 1 aliphatic carbocycles. The Morgan fingerprint density at radius 1 is 1.30 bits per heavy atom. The van der Waals surface area contributed by atoms with E-state index in [4.69, 9.17) is 13.7 Å². The minimum absolute atomic E-state index is 0.116. The molecule has 30 heavy (non-hydrogen) atoms. The normalized spacial score (nSPS) is 14.4. The van der Waals surface area contributed by atoms with Gasteiger partial charge < -0.3 is 19.0 Å². The molecule has 8 nitrogen and oxygen atoms in total. The lowest BCUT2D eigenvalue weighted by Gasteiger charge is -2.09. The number of allylic oxidation sites excluding steroid dienone is 1. The van der Waals surface area contributed by atoms with Gasteiger partial charge in [0.1, 0.15) is 0 Å². The first-order valence-electron chi connectivity index (χ1n) is 10.5. The highest BCUT2D eigenvalue weighted by Gasteiger charge is 2.29. The molecule has 1 aromatic carbocycles. The van der Waals surface area contributed by atoms with Crippen molar-refractivity contribution in [2.75, 3.05) is 18.5 Å². The molecule has 2 aromatic heterocycles. The fourth-order valence-electron chi connectivity index (χ4n) is 3.24. The highest BCUT2D eigenvalue weighted by atomic mass is 16.6. The Morgan fingerprint density at radius 3 is 3.00 bits per heavy atom. The minimum Gasteiger partial charge on any atom is -0.449 e. The summed E-state index contributed by atoms with van der Waals surface area (Å²) in [6.07, 6.45) is 7.43. The first-order valence-corrected chi connectivity index (χ1v) is 10.5. The number of ether oxygens (including phenoxy) is 1. The third-order valence-corrected chi connectivity index (χ3v) is 5.06. The van der Waals surface area contributed by atoms with E-state index in [0.29, 0.717) is 24.3 Å². The summed E-state index contributed by atoms with van der Waals surface area (Å²) in [6, 6.07) is 7.91. The Balaban J connectivity index is 1.23. The lowest BCUT2D eigenvalue weighted by Crippen LogP contribution is -2.03. The van der Waals surface area contributed by atoms with Crippen molar-refractivity contribution >= 4 is 5.69 Å². The summed E-state index contributed by atoms with van der Waals surface area (Å²) in [5.41, 5.74) is 1.86. The zero-order chi connectivity index (χ0) is 20.8.